The summed E-state index contributed by atoms with van der Waals surface area (Å²) >= 11 is 9.07. The van der Waals surface area contributed by atoms with Crippen molar-refractivity contribution in [3.63, 3.8) is 0 Å². The van der Waals surface area contributed by atoms with Crippen molar-refractivity contribution >= 4 is 25.3 Å². The van der Waals surface area contributed by atoms with Crippen LogP contribution in [0.4, 0.5) is 0 Å². The monoisotopic (exact) mass is 206 g/mol. The highest BCUT2D eigenvalue weighted by Gasteiger charge is 2.12. The molecule has 0 spiro atoms. The van der Waals surface area contributed by atoms with Crippen molar-refractivity contribution in [1.29, 1.82) is 0 Å². The first-order valence-electron chi connectivity index (χ1n) is 4.81. The van der Waals surface area contributed by atoms with E-state index in [0.29, 0.717) is 22.3 Å². The topological polar surface area (TPSA) is 0 Å². The number of thiol groups is 2. The van der Waals surface area contributed by atoms with Crippen molar-refractivity contribution in [1.82, 2.24) is 0 Å². The van der Waals surface area contributed by atoms with Gasteiger partial charge in [0.15, 0.2) is 0 Å². The van der Waals surface area contributed by atoms with Gasteiger partial charge < -0.3 is 0 Å². The normalized spacial score (nSPS) is 17.0. The third-order valence-corrected chi connectivity index (χ3v) is 4.01. The molecule has 2 heteroatoms. The summed E-state index contributed by atoms with van der Waals surface area (Å²) in [7, 11) is 0. The summed E-state index contributed by atoms with van der Waals surface area (Å²) in [6.07, 6.45) is 2.38. The molecule has 2 atom stereocenters. The minimum atomic E-state index is 0.540. The molecule has 0 nitrogen and oxygen atoms in total. The molecule has 0 amide bonds. The molecular weight excluding hydrogens is 184 g/mol. The Kier molecular flexibility index (Phi) is 6.56. The van der Waals surface area contributed by atoms with E-state index < -0.39 is 0 Å². The van der Waals surface area contributed by atoms with Gasteiger partial charge in [-0.25, -0.2) is 0 Å². The predicted molar refractivity (Wildman–Crippen MR) is 64.5 cm³/mol. The van der Waals surface area contributed by atoms with Gasteiger partial charge in [0.25, 0.3) is 0 Å². The maximum atomic E-state index is 4.53. The van der Waals surface area contributed by atoms with Crippen molar-refractivity contribution in [2.24, 2.45) is 11.8 Å². The van der Waals surface area contributed by atoms with Gasteiger partial charge in [-0.2, -0.15) is 25.3 Å². The summed E-state index contributed by atoms with van der Waals surface area (Å²) in [6, 6.07) is 0. The Morgan fingerprint density at radius 1 is 0.750 bits per heavy atom. The van der Waals surface area contributed by atoms with E-state index in [1.54, 1.807) is 0 Å². The average Bonchev–Trinajstić information content (AvgIpc) is 1.98. The van der Waals surface area contributed by atoms with Crippen molar-refractivity contribution in [3.05, 3.63) is 0 Å². The van der Waals surface area contributed by atoms with E-state index >= 15 is 0 Å². The Morgan fingerprint density at radius 2 is 1.00 bits per heavy atom. The van der Waals surface area contributed by atoms with Gasteiger partial charge in [0.1, 0.15) is 0 Å². The summed E-state index contributed by atoms with van der Waals surface area (Å²) in [4.78, 5) is 0. The van der Waals surface area contributed by atoms with Gasteiger partial charge in [0.05, 0.1) is 0 Å². The highest BCUT2D eigenvalue weighted by molar-refractivity contribution is 7.81. The second-order valence-electron chi connectivity index (χ2n) is 4.20. The van der Waals surface area contributed by atoms with Crippen LogP contribution in [0.25, 0.3) is 0 Å². The van der Waals surface area contributed by atoms with Crippen LogP contribution in [0.15, 0.2) is 0 Å². The van der Waals surface area contributed by atoms with Crippen LogP contribution in [0.2, 0.25) is 0 Å². The lowest BCUT2D eigenvalue weighted by atomic mass is 10.00. The first-order chi connectivity index (χ1) is 5.45. The maximum absolute atomic E-state index is 4.53. The van der Waals surface area contributed by atoms with Crippen LogP contribution in [0.5, 0.6) is 0 Å². The lowest BCUT2D eigenvalue weighted by Crippen LogP contribution is -2.14. The summed E-state index contributed by atoms with van der Waals surface area (Å²) in [5, 5.41) is 1.08. The van der Waals surface area contributed by atoms with Crippen molar-refractivity contribution in [2.45, 2.75) is 51.0 Å². The van der Waals surface area contributed by atoms with E-state index in [-0.39, 0.29) is 0 Å². The van der Waals surface area contributed by atoms with Crippen molar-refractivity contribution in [2.75, 3.05) is 0 Å². The smallest absolute Gasteiger partial charge is 0.00402 e. The Hall–Kier alpha value is 0.700. The molecule has 0 fully saturated rings. The van der Waals surface area contributed by atoms with E-state index in [9.17, 15) is 0 Å². The van der Waals surface area contributed by atoms with E-state index in [1.807, 2.05) is 0 Å². The fourth-order valence-electron chi connectivity index (χ4n) is 1.01. The highest BCUT2D eigenvalue weighted by atomic mass is 32.1. The quantitative estimate of drug-likeness (QED) is 0.630. The van der Waals surface area contributed by atoms with Crippen LogP contribution in [0.1, 0.15) is 40.5 Å². The lowest BCUT2D eigenvalue weighted by Gasteiger charge is -2.19. The summed E-state index contributed by atoms with van der Waals surface area (Å²) in [5.74, 6) is 1.36. The predicted octanol–water partition coefficient (Wildman–Crippen LogP) is 3.68. The number of rotatable bonds is 5. The Morgan fingerprint density at radius 3 is 1.17 bits per heavy atom. The van der Waals surface area contributed by atoms with Gasteiger partial charge in [0.2, 0.25) is 0 Å². The second-order valence-corrected chi connectivity index (χ2v) is 5.53. The molecular formula is C10H22S2. The van der Waals surface area contributed by atoms with Gasteiger partial charge in [0, 0.05) is 10.5 Å². The number of hydrogen-bond acceptors (Lipinski definition) is 2. The zero-order valence-corrected chi connectivity index (χ0v) is 10.4. The standard InChI is InChI=1S/C10H22S2/c1-7(2)9(11)5-6-10(12)8(3)4/h7-12H,5-6H2,1-4H3. The molecule has 0 saturated carbocycles. The Labute approximate surface area is 88.3 Å². The molecule has 0 aliphatic rings. The fourth-order valence-corrected chi connectivity index (χ4v) is 1.31. The summed E-state index contributed by atoms with van der Waals surface area (Å²) in [5.41, 5.74) is 0. The largest absolute Gasteiger partial charge is 0.176 e. The minimum Gasteiger partial charge on any atom is -0.176 e. The zero-order chi connectivity index (χ0) is 9.72. The number of hydrogen-bond donors (Lipinski definition) is 2. The van der Waals surface area contributed by atoms with Crippen LogP contribution < -0.4 is 0 Å². The molecule has 12 heavy (non-hydrogen) atoms. The molecule has 0 rings (SSSR count). The molecule has 0 aromatic rings. The third kappa shape index (κ3) is 5.36. The Bertz CT molecular complexity index is 96.4. The van der Waals surface area contributed by atoms with Crippen LogP contribution in [0.3, 0.4) is 0 Å². The minimum absolute atomic E-state index is 0.540. The molecule has 0 aromatic carbocycles. The van der Waals surface area contributed by atoms with Gasteiger partial charge in [-0.1, -0.05) is 27.7 Å². The molecule has 74 valence electrons. The molecule has 0 radical (unpaired) electrons. The van der Waals surface area contributed by atoms with Gasteiger partial charge >= 0.3 is 0 Å². The van der Waals surface area contributed by atoms with E-state index in [2.05, 4.69) is 53.0 Å². The lowest BCUT2D eigenvalue weighted by molar-refractivity contribution is 0.507. The molecule has 0 bridgehead atoms. The SMILES string of the molecule is CC(C)C(S)CCC(S)C(C)C. The van der Waals surface area contributed by atoms with Gasteiger partial charge in [-0.05, 0) is 24.7 Å². The first-order valence-corrected chi connectivity index (χ1v) is 5.84. The summed E-state index contributed by atoms with van der Waals surface area (Å²) < 4.78 is 0. The van der Waals surface area contributed by atoms with Gasteiger partial charge in [-0.15, -0.1) is 0 Å². The molecule has 0 N–H and O–H groups in total. The highest BCUT2D eigenvalue weighted by Crippen LogP contribution is 2.21. The van der Waals surface area contributed by atoms with Crippen LogP contribution in [-0.4, -0.2) is 10.5 Å². The zero-order valence-electron chi connectivity index (χ0n) is 8.62. The van der Waals surface area contributed by atoms with E-state index in [0.717, 1.165) is 0 Å². The van der Waals surface area contributed by atoms with Crippen LogP contribution in [0, 0.1) is 11.8 Å². The molecule has 0 aliphatic heterocycles. The molecule has 0 aliphatic carbocycles. The fraction of sp³-hybridized carbons (Fsp3) is 1.00. The maximum Gasteiger partial charge on any atom is 0.00402 e. The second kappa shape index (κ2) is 6.20. The van der Waals surface area contributed by atoms with Crippen LogP contribution in [-0.2, 0) is 0 Å². The summed E-state index contributed by atoms with van der Waals surface area (Å²) in [6.45, 7) is 8.89. The molecule has 0 aromatic heterocycles. The van der Waals surface area contributed by atoms with Crippen molar-refractivity contribution in [3.8, 4) is 0 Å². The average molecular weight is 206 g/mol. The van der Waals surface area contributed by atoms with Crippen molar-refractivity contribution < 1.29 is 0 Å². The van der Waals surface area contributed by atoms with Crippen LogP contribution >= 0.6 is 25.3 Å². The molecule has 0 saturated heterocycles. The third-order valence-electron chi connectivity index (χ3n) is 2.30. The molecule has 2 unspecified atom stereocenters. The Balaban J connectivity index is 3.54. The van der Waals surface area contributed by atoms with Gasteiger partial charge in [-0.3, -0.25) is 0 Å². The van der Waals surface area contributed by atoms with E-state index in [1.165, 1.54) is 12.8 Å². The molecule has 0 heterocycles. The first kappa shape index (κ1) is 12.7. The van der Waals surface area contributed by atoms with E-state index in [4.69, 9.17) is 0 Å².